The van der Waals surface area contributed by atoms with Gasteiger partial charge >= 0.3 is 0 Å². The van der Waals surface area contributed by atoms with Crippen molar-refractivity contribution < 1.29 is 0 Å². The SMILES string of the molecule is S=c1[nH]c2cc(Br)ccc2n1-c1ccc2sccc2c1. The van der Waals surface area contributed by atoms with Crippen LogP contribution in [-0.2, 0) is 0 Å². The van der Waals surface area contributed by atoms with Crippen molar-refractivity contribution in [2.24, 2.45) is 0 Å². The van der Waals surface area contributed by atoms with Crippen molar-refractivity contribution in [2.45, 2.75) is 0 Å². The van der Waals surface area contributed by atoms with E-state index < -0.39 is 0 Å². The normalized spacial score (nSPS) is 11.4. The standard InChI is InChI=1S/C15H9BrN2S2/c16-10-1-3-13-12(8-10)17-15(19)18(13)11-2-4-14-9(7-11)5-6-20-14/h1-8H,(H,17,19). The molecule has 0 radical (unpaired) electrons. The van der Waals surface area contributed by atoms with Gasteiger partial charge in [-0.25, -0.2) is 0 Å². The van der Waals surface area contributed by atoms with E-state index in [1.165, 1.54) is 10.1 Å². The van der Waals surface area contributed by atoms with Crippen molar-refractivity contribution in [3.05, 3.63) is 57.1 Å². The van der Waals surface area contributed by atoms with Gasteiger partial charge < -0.3 is 4.98 Å². The first-order valence-corrected chi connectivity index (χ1v) is 8.18. The molecule has 2 aromatic carbocycles. The van der Waals surface area contributed by atoms with E-state index in [2.05, 4.69) is 61.2 Å². The van der Waals surface area contributed by atoms with Crippen LogP contribution in [0.15, 0.2) is 52.3 Å². The highest BCUT2D eigenvalue weighted by molar-refractivity contribution is 9.10. The van der Waals surface area contributed by atoms with Crippen LogP contribution in [0.1, 0.15) is 0 Å². The Morgan fingerprint density at radius 2 is 2.00 bits per heavy atom. The lowest BCUT2D eigenvalue weighted by atomic mass is 10.2. The Bertz CT molecular complexity index is 994. The van der Waals surface area contributed by atoms with Gasteiger partial charge in [0.15, 0.2) is 4.77 Å². The maximum absolute atomic E-state index is 5.48. The van der Waals surface area contributed by atoms with E-state index in [-0.39, 0.29) is 0 Å². The number of aromatic nitrogens is 2. The number of nitrogens with zero attached hydrogens (tertiary/aromatic N) is 1. The third-order valence-electron chi connectivity index (χ3n) is 3.34. The van der Waals surface area contributed by atoms with Crippen molar-refractivity contribution >= 4 is 60.6 Å². The Balaban J connectivity index is 2.05. The van der Waals surface area contributed by atoms with E-state index in [0.29, 0.717) is 4.77 Å². The number of fused-ring (bicyclic) bond motifs is 2. The van der Waals surface area contributed by atoms with Crippen LogP contribution in [0.2, 0.25) is 0 Å². The molecule has 2 heterocycles. The Morgan fingerprint density at radius 3 is 2.90 bits per heavy atom. The van der Waals surface area contributed by atoms with Gasteiger partial charge in [0, 0.05) is 14.9 Å². The van der Waals surface area contributed by atoms with Crippen molar-refractivity contribution in [1.82, 2.24) is 9.55 Å². The second-order valence-corrected chi connectivity index (χ2v) is 6.82. The van der Waals surface area contributed by atoms with Gasteiger partial charge in [-0.1, -0.05) is 15.9 Å². The number of hydrogen-bond acceptors (Lipinski definition) is 2. The number of benzene rings is 2. The van der Waals surface area contributed by atoms with Gasteiger partial charge in [0.05, 0.1) is 11.0 Å². The van der Waals surface area contributed by atoms with Crippen LogP contribution in [0.3, 0.4) is 0 Å². The largest absolute Gasteiger partial charge is 0.330 e. The molecule has 0 fully saturated rings. The van der Waals surface area contributed by atoms with Crippen LogP contribution in [0, 0.1) is 4.77 Å². The summed E-state index contributed by atoms with van der Waals surface area (Å²) in [6, 6.07) is 14.7. The topological polar surface area (TPSA) is 20.7 Å². The summed E-state index contributed by atoms with van der Waals surface area (Å²) in [6.07, 6.45) is 0. The summed E-state index contributed by atoms with van der Waals surface area (Å²) >= 11 is 10.7. The minimum atomic E-state index is 0.715. The van der Waals surface area contributed by atoms with E-state index in [0.717, 1.165) is 21.2 Å². The zero-order chi connectivity index (χ0) is 13.7. The molecular formula is C15H9BrN2S2. The van der Waals surface area contributed by atoms with Crippen LogP contribution >= 0.6 is 39.5 Å². The molecular weight excluding hydrogens is 352 g/mol. The van der Waals surface area contributed by atoms with Crippen molar-refractivity contribution in [1.29, 1.82) is 0 Å². The maximum atomic E-state index is 5.48. The molecule has 0 aliphatic heterocycles. The fourth-order valence-electron chi connectivity index (χ4n) is 2.43. The number of H-pyrrole nitrogens is 1. The number of hydrogen-bond donors (Lipinski definition) is 1. The van der Waals surface area contributed by atoms with E-state index in [9.17, 15) is 0 Å². The molecule has 1 N–H and O–H groups in total. The summed E-state index contributed by atoms with van der Waals surface area (Å²) in [7, 11) is 0. The molecule has 5 heteroatoms. The monoisotopic (exact) mass is 360 g/mol. The first-order valence-electron chi connectivity index (χ1n) is 6.10. The van der Waals surface area contributed by atoms with Crippen LogP contribution in [-0.4, -0.2) is 9.55 Å². The summed E-state index contributed by atoms with van der Waals surface area (Å²) in [4.78, 5) is 3.26. The summed E-state index contributed by atoms with van der Waals surface area (Å²) < 4.78 is 5.13. The van der Waals surface area contributed by atoms with E-state index in [1.54, 1.807) is 11.3 Å². The highest BCUT2D eigenvalue weighted by atomic mass is 79.9. The molecule has 0 bridgehead atoms. The first kappa shape index (κ1) is 12.3. The molecule has 0 spiro atoms. The molecule has 0 atom stereocenters. The third-order valence-corrected chi connectivity index (χ3v) is 5.01. The van der Waals surface area contributed by atoms with E-state index >= 15 is 0 Å². The second-order valence-electron chi connectivity index (χ2n) is 4.57. The van der Waals surface area contributed by atoms with Gasteiger partial charge in [0.1, 0.15) is 0 Å². The Kier molecular flexibility index (Phi) is 2.80. The van der Waals surface area contributed by atoms with Gasteiger partial charge in [-0.15, -0.1) is 11.3 Å². The van der Waals surface area contributed by atoms with Gasteiger partial charge in [-0.2, -0.15) is 0 Å². The summed E-state index contributed by atoms with van der Waals surface area (Å²) in [5.41, 5.74) is 3.22. The number of rotatable bonds is 1. The third kappa shape index (κ3) is 1.85. The van der Waals surface area contributed by atoms with Gasteiger partial charge in [0.2, 0.25) is 0 Å². The highest BCUT2D eigenvalue weighted by Crippen LogP contribution is 2.27. The molecule has 98 valence electrons. The first-order chi connectivity index (χ1) is 9.72. The van der Waals surface area contributed by atoms with Gasteiger partial charge in [0.25, 0.3) is 0 Å². The molecule has 2 aromatic heterocycles. The summed E-state index contributed by atoms with van der Waals surface area (Å²) in [5.74, 6) is 0. The Morgan fingerprint density at radius 1 is 1.10 bits per heavy atom. The van der Waals surface area contributed by atoms with Crippen molar-refractivity contribution in [3.63, 3.8) is 0 Å². The lowest BCUT2D eigenvalue weighted by Gasteiger charge is -2.05. The predicted molar refractivity (Wildman–Crippen MR) is 91.5 cm³/mol. The molecule has 0 saturated heterocycles. The van der Waals surface area contributed by atoms with E-state index in [4.69, 9.17) is 12.2 Å². The molecule has 0 aliphatic rings. The molecule has 2 nitrogen and oxygen atoms in total. The zero-order valence-electron chi connectivity index (χ0n) is 10.3. The van der Waals surface area contributed by atoms with Crippen LogP contribution in [0.4, 0.5) is 0 Å². The number of imidazole rings is 1. The highest BCUT2D eigenvalue weighted by Gasteiger charge is 2.07. The number of aromatic amines is 1. The molecule has 0 aliphatic carbocycles. The maximum Gasteiger partial charge on any atom is 0.182 e. The Labute approximate surface area is 132 Å². The zero-order valence-corrected chi connectivity index (χ0v) is 13.5. The number of halogens is 1. The molecule has 0 unspecified atom stereocenters. The minimum Gasteiger partial charge on any atom is -0.330 e. The predicted octanol–water partition coefficient (Wildman–Crippen LogP) is 5.67. The average Bonchev–Trinajstić information content (AvgIpc) is 3.00. The molecule has 0 saturated carbocycles. The fraction of sp³-hybridized carbons (Fsp3) is 0. The second kappa shape index (κ2) is 4.55. The van der Waals surface area contributed by atoms with Gasteiger partial charge in [-0.05, 0) is 65.4 Å². The van der Waals surface area contributed by atoms with Crippen LogP contribution in [0.25, 0.3) is 26.8 Å². The van der Waals surface area contributed by atoms with Crippen LogP contribution in [0.5, 0.6) is 0 Å². The van der Waals surface area contributed by atoms with Crippen molar-refractivity contribution in [3.8, 4) is 5.69 Å². The summed E-state index contributed by atoms with van der Waals surface area (Å²) in [6.45, 7) is 0. The lowest BCUT2D eigenvalue weighted by Crippen LogP contribution is -1.93. The number of nitrogens with one attached hydrogen (secondary N) is 1. The van der Waals surface area contributed by atoms with Crippen LogP contribution < -0.4 is 0 Å². The molecule has 0 amide bonds. The van der Waals surface area contributed by atoms with E-state index in [1.807, 2.05) is 12.1 Å². The molecule has 4 aromatic rings. The quantitative estimate of drug-likeness (QED) is 0.434. The average molecular weight is 361 g/mol. The smallest absolute Gasteiger partial charge is 0.182 e. The fourth-order valence-corrected chi connectivity index (χ4v) is 3.88. The van der Waals surface area contributed by atoms with Gasteiger partial charge in [-0.3, -0.25) is 4.57 Å². The summed E-state index contributed by atoms with van der Waals surface area (Å²) in [5, 5.41) is 3.36. The van der Waals surface area contributed by atoms with Crippen molar-refractivity contribution in [2.75, 3.05) is 0 Å². The molecule has 20 heavy (non-hydrogen) atoms. The number of thiophene rings is 1. The molecule has 4 rings (SSSR count). The lowest BCUT2D eigenvalue weighted by molar-refractivity contribution is 1.07. The Hall–Kier alpha value is -1.43. The minimum absolute atomic E-state index is 0.715.